The van der Waals surface area contributed by atoms with E-state index in [1.54, 1.807) is 22.9 Å². The summed E-state index contributed by atoms with van der Waals surface area (Å²) in [6.45, 7) is 2.99. The summed E-state index contributed by atoms with van der Waals surface area (Å²) in [7, 11) is 0. The van der Waals surface area contributed by atoms with Gasteiger partial charge in [-0.25, -0.2) is 10.8 Å². The van der Waals surface area contributed by atoms with Crippen LogP contribution in [-0.2, 0) is 16.0 Å². The number of benzene rings is 1. The van der Waals surface area contributed by atoms with Crippen LogP contribution in [0.1, 0.15) is 12.1 Å². The Labute approximate surface area is 168 Å². The van der Waals surface area contributed by atoms with Crippen LogP contribution in [0.3, 0.4) is 0 Å². The second-order valence-electron chi connectivity index (χ2n) is 7.55. The number of aldehydes is 1. The van der Waals surface area contributed by atoms with Gasteiger partial charge in [-0.05, 0) is 30.7 Å². The average Bonchev–Trinajstić information content (AvgIpc) is 2.66. The molecule has 0 atom stereocenters. The van der Waals surface area contributed by atoms with Gasteiger partial charge in [0.1, 0.15) is 6.29 Å². The summed E-state index contributed by atoms with van der Waals surface area (Å²) in [5.74, 6) is 6.29. The van der Waals surface area contributed by atoms with Crippen LogP contribution in [-0.4, -0.2) is 42.1 Å². The first-order valence-corrected chi connectivity index (χ1v) is 9.47. The third-order valence-electron chi connectivity index (χ3n) is 5.30. The standard InChI is InChI=1S/C20H24N6O3/c21-7-8-26(22)17-5-3-16(4-6-17)25-10-15(2-1-9-27)23-18(19(25)28)24-11-20(12-24)13-29-14-20/h3-10H,1-2,11-14,21-22H2/b8-7-. The fraction of sp³-hybridized carbons (Fsp3) is 0.350. The van der Waals surface area contributed by atoms with E-state index in [2.05, 4.69) is 4.98 Å². The largest absolute Gasteiger partial charge is 0.403 e. The highest BCUT2D eigenvalue weighted by Crippen LogP contribution is 2.38. The minimum absolute atomic E-state index is 0.167. The van der Waals surface area contributed by atoms with Gasteiger partial charge in [-0.2, -0.15) is 0 Å². The minimum atomic E-state index is -0.186. The molecule has 1 aromatic carbocycles. The SMILES string of the molecule is N/C=C\N(N)c1ccc(-n2cc(CCC=O)nc(N3CC4(COC4)C3)c2=O)cc1. The van der Waals surface area contributed by atoms with E-state index in [-0.39, 0.29) is 11.0 Å². The molecule has 1 aromatic heterocycles. The summed E-state index contributed by atoms with van der Waals surface area (Å²) < 4.78 is 6.89. The number of nitrogens with zero attached hydrogens (tertiary/aromatic N) is 4. The van der Waals surface area contributed by atoms with Crippen LogP contribution in [0.15, 0.2) is 47.7 Å². The molecule has 29 heavy (non-hydrogen) atoms. The summed E-state index contributed by atoms with van der Waals surface area (Å²) in [6, 6.07) is 7.23. The van der Waals surface area contributed by atoms with Crippen LogP contribution in [0.25, 0.3) is 5.69 Å². The molecule has 2 fully saturated rings. The summed E-state index contributed by atoms with van der Waals surface area (Å²) >= 11 is 0. The van der Waals surface area contributed by atoms with Gasteiger partial charge in [-0.3, -0.25) is 14.4 Å². The zero-order chi connectivity index (χ0) is 20.4. The number of nitrogens with two attached hydrogens (primary N) is 2. The molecule has 9 heteroatoms. The maximum Gasteiger partial charge on any atom is 0.298 e. The first kappa shape index (κ1) is 19.2. The van der Waals surface area contributed by atoms with Crippen molar-refractivity contribution in [1.82, 2.24) is 9.55 Å². The molecule has 0 aliphatic carbocycles. The van der Waals surface area contributed by atoms with Gasteiger partial charge in [-0.1, -0.05) is 0 Å². The predicted octanol–water partition coefficient (Wildman–Crippen LogP) is 0.311. The molecule has 0 amide bonds. The van der Waals surface area contributed by atoms with E-state index in [9.17, 15) is 9.59 Å². The Morgan fingerprint density at radius 3 is 2.55 bits per heavy atom. The van der Waals surface area contributed by atoms with Gasteiger partial charge in [0, 0.05) is 43.8 Å². The molecule has 2 aliphatic rings. The normalized spacial score (nSPS) is 17.2. The van der Waals surface area contributed by atoms with Gasteiger partial charge >= 0.3 is 0 Å². The molecule has 2 aliphatic heterocycles. The number of hydrogen-bond acceptors (Lipinski definition) is 8. The van der Waals surface area contributed by atoms with Gasteiger partial charge in [0.15, 0.2) is 5.82 Å². The zero-order valence-corrected chi connectivity index (χ0v) is 16.0. The zero-order valence-electron chi connectivity index (χ0n) is 16.0. The number of carbonyl (C=O) groups is 1. The summed E-state index contributed by atoms with van der Waals surface area (Å²) in [4.78, 5) is 30.5. The molecule has 0 radical (unpaired) electrons. The quantitative estimate of drug-likeness (QED) is 0.390. The lowest BCUT2D eigenvalue weighted by atomic mass is 9.78. The molecule has 9 nitrogen and oxygen atoms in total. The lowest BCUT2D eigenvalue weighted by molar-refractivity contribution is -0.127. The number of hydrazine groups is 1. The Morgan fingerprint density at radius 1 is 1.24 bits per heavy atom. The monoisotopic (exact) mass is 396 g/mol. The molecule has 2 saturated heterocycles. The first-order chi connectivity index (χ1) is 14.0. The number of aromatic nitrogens is 2. The summed E-state index contributed by atoms with van der Waals surface area (Å²) in [5.41, 5.74) is 7.48. The summed E-state index contributed by atoms with van der Waals surface area (Å²) in [5, 5.41) is 1.39. The number of anilines is 2. The fourth-order valence-electron chi connectivity index (χ4n) is 3.70. The van der Waals surface area contributed by atoms with Crippen molar-refractivity contribution < 1.29 is 9.53 Å². The molecule has 0 unspecified atom stereocenters. The van der Waals surface area contributed by atoms with E-state index in [0.29, 0.717) is 30.0 Å². The third kappa shape index (κ3) is 3.62. The van der Waals surface area contributed by atoms with Crippen LogP contribution in [0.4, 0.5) is 11.5 Å². The molecular weight excluding hydrogens is 372 g/mol. The number of carbonyl (C=O) groups excluding carboxylic acids is 1. The molecule has 2 aromatic rings. The van der Waals surface area contributed by atoms with E-state index in [0.717, 1.165) is 38.3 Å². The van der Waals surface area contributed by atoms with Crippen LogP contribution in [0, 0.1) is 5.41 Å². The average molecular weight is 396 g/mol. The lowest BCUT2D eigenvalue weighted by Gasteiger charge is -2.55. The Hall–Kier alpha value is -3.17. The highest BCUT2D eigenvalue weighted by Gasteiger charge is 2.50. The molecule has 4 N–H and O–H groups in total. The Kier molecular flexibility index (Phi) is 5.08. The maximum atomic E-state index is 13.2. The van der Waals surface area contributed by atoms with E-state index >= 15 is 0 Å². The van der Waals surface area contributed by atoms with Crippen molar-refractivity contribution in [3.05, 3.63) is 58.9 Å². The van der Waals surface area contributed by atoms with Crippen molar-refractivity contribution in [3.8, 4) is 5.69 Å². The summed E-state index contributed by atoms with van der Waals surface area (Å²) in [6.07, 6.45) is 6.28. The van der Waals surface area contributed by atoms with Gasteiger partial charge in [0.2, 0.25) is 0 Å². The first-order valence-electron chi connectivity index (χ1n) is 9.47. The highest BCUT2D eigenvalue weighted by molar-refractivity contribution is 5.53. The van der Waals surface area contributed by atoms with E-state index in [4.69, 9.17) is 16.3 Å². The molecule has 3 heterocycles. The van der Waals surface area contributed by atoms with E-state index in [1.807, 2.05) is 17.0 Å². The third-order valence-corrected chi connectivity index (χ3v) is 5.30. The minimum Gasteiger partial charge on any atom is -0.403 e. The second kappa shape index (κ2) is 7.69. The van der Waals surface area contributed by atoms with E-state index < -0.39 is 0 Å². The molecule has 0 bridgehead atoms. The van der Waals surface area contributed by atoms with Crippen molar-refractivity contribution in [3.63, 3.8) is 0 Å². The maximum absolute atomic E-state index is 13.2. The van der Waals surface area contributed by atoms with Gasteiger partial charge < -0.3 is 20.2 Å². The smallest absolute Gasteiger partial charge is 0.298 e. The Balaban J connectivity index is 1.67. The molecule has 0 saturated carbocycles. The van der Waals surface area contributed by atoms with Gasteiger partial charge in [0.05, 0.1) is 30.0 Å². The Morgan fingerprint density at radius 2 is 1.97 bits per heavy atom. The van der Waals surface area contributed by atoms with E-state index in [1.165, 1.54) is 17.4 Å². The van der Waals surface area contributed by atoms with Crippen LogP contribution in [0.2, 0.25) is 0 Å². The fourth-order valence-corrected chi connectivity index (χ4v) is 3.70. The van der Waals surface area contributed by atoms with Crippen LogP contribution in [0.5, 0.6) is 0 Å². The van der Waals surface area contributed by atoms with Crippen LogP contribution < -0.4 is 27.0 Å². The van der Waals surface area contributed by atoms with Crippen LogP contribution >= 0.6 is 0 Å². The van der Waals surface area contributed by atoms with Crippen molar-refractivity contribution in [2.75, 3.05) is 36.2 Å². The predicted molar refractivity (Wildman–Crippen MR) is 110 cm³/mol. The lowest BCUT2D eigenvalue weighted by Crippen LogP contribution is -2.67. The van der Waals surface area contributed by atoms with Gasteiger partial charge in [0.25, 0.3) is 5.56 Å². The number of ether oxygens (including phenoxy) is 1. The number of rotatable bonds is 7. The molecule has 152 valence electrons. The molecule has 1 spiro atoms. The van der Waals surface area contributed by atoms with Crippen molar-refractivity contribution in [2.24, 2.45) is 17.0 Å². The van der Waals surface area contributed by atoms with Crippen molar-refractivity contribution in [2.45, 2.75) is 12.8 Å². The van der Waals surface area contributed by atoms with Crippen molar-refractivity contribution in [1.29, 1.82) is 0 Å². The topological polar surface area (TPSA) is 120 Å². The van der Waals surface area contributed by atoms with Crippen molar-refractivity contribution >= 4 is 17.8 Å². The Bertz CT molecular complexity index is 973. The number of aryl methyl sites for hydroxylation is 1. The second-order valence-corrected chi connectivity index (χ2v) is 7.55. The number of hydrogen-bond donors (Lipinski definition) is 2. The van der Waals surface area contributed by atoms with Gasteiger partial charge in [-0.15, -0.1) is 0 Å². The molecular formula is C20H24N6O3. The highest BCUT2D eigenvalue weighted by atomic mass is 16.5. The molecule has 4 rings (SSSR count).